The molecule has 0 saturated heterocycles. The molecular weight excluding hydrogens is 312 g/mol. The van der Waals surface area contributed by atoms with Crippen LogP contribution in [-0.2, 0) is 37.8 Å². The molecule has 0 heterocycles. The van der Waals surface area contributed by atoms with Gasteiger partial charge in [0.1, 0.15) is 0 Å². The van der Waals surface area contributed by atoms with Gasteiger partial charge in [0, 0.05) is 37.8 Å². The molecule has 0 atom stereocenters. The Labute approximate surface area is 64.8 Å². The van der Waals surface area contributed by atoms with Crippen LogP contribution in [0, 0.1) is 0 Å². The minimum atomic E-state index is 0. The monoisotopic (exact) mass is 321 g/mol. The van der Waals surface area contributed by atoms with Crippen molar-refractivity contribution in [2.45, 2.75) is 7.43 Å². The van der Waals surface area contributed by atoms with Gasteiger partial charge < -0.3 is 6.15 Å². The van der Waals surface area contributed by atoms with E-state index in [2.05, 4.69) is 0 Å². The van der Waals surface area contributed by atoms with E-state index < -0.39 is 0 Å². The Kier molecular flexibility index (Phi) is 859. The van der Waals surface area contributed by atoms with E-state index in [-0.39, 0.29) is 64.9 Å². The van der Waals surface area contributed by atoms with E-state index in [9.17, 15) is 0 Å². The maximum absolute atomic E-state index is 0. The molecule has 0 aliphatic rings. The molecule has 0 aliphatic carbocycles. The summed E-state index contributed by atoms with van der Waals surface area (Å²) < 4.78 is 0. The first-order chi connectivity index (χ1) is 0. The maximum Gasteiger partial charge on any atom is 0 e. The predicted octanol–water partition coefficient (Wildman–Crippen LogP) is 0.906. The summed E-state index contributed by atoms with van der Waals surface area (Å²) in [4.78, 5) is 0. The Morgan fingerprint density at radius 1 is 1.00 bits per heavy atom. The van der Waals surface area contributed by atoms with Crippen molar-refractivity contribution >= 4 is 13.5 Å². The van der Waals surface area contributed by atoms with Gasteiger partial charge in [-0.25, -0.2) is 0 Å². The average molecular weight is 321 g/mol. The Bertz CT molecular complexity index is 11.6. The van der Waals surface area contributed by atoms with Gasteiger partial charge in [-0.2, -0.15) is 13.5 Å². The largest absolute Gasteiger partial charge is 0.344 e. The Balaban J connectivity index is 0. The molecule has 5 heavy (non-hydrogen) atoms. The molecule has 0 spiro atoms. The van der Waals surface area contributed by atoms with Gasteiger partial charge in [-0.05, 0) is 0 Å². The predicted molar refractivity (Wildman–Crippen MR) is 22.1 cm³/mol. The van der Waals surface area contributed by atoms with Gasteiger partial charge in [0.2, 0.25) is 0 Å². The molecule has 1 radical (unpaired) electrons. The van der Waals surface area contributed by atoms with Crippen LogP contribution in [0.3, 0.4) is 0 Å². The zero-order valence-electron chi connectivity index (χ0n) is 1.86. The van der Waals surface area contributed by atoms with Crippen molar-refractivity contribution in [3.63, 3.8) is 0 Å². The van der Waals surface area contributed by atoms with Crippen molar-refractivity contribution in [1.29, 1.82) is 0 Å². The second kappa shape index (κ2) is 49.3. The standard InChI is InChI=1S/CH4.Co.H3N.Pt.H2S/h1H4;;1H3;;1H2. The molecular formula is CH9CoNPtS. The molecule has 0 amide bonds. The van der Waals surface area contributed by atoms with E-state index in [1.807, 2.05) is 0 Å². The Hall–Kier alpha value is 1.50. The summed E-state index contributed by atoms with van der Waals surface area (Å²) in [6.07, 6.45) is 0. The van der Waals surface area contributed by atoms with E-state index in [0.29, 0.717) is 0 Å². The average Bonchev–Trinajstić information content (AvgIpc) is 0. The van der Waals surface area contributed by atoms with Crippen molar-refractivity contribution < 1.29 is 37.8 Å². The third-order valence-corrected chi connectivity index (χ3v) is 0. The third kappa shape index (κ3) is 29.9. The van der Waals surface area contributed by atoms with Crippen LogP contribution in [0.4, 0.5) is 0 Å². The van der Waals surface area contributed by atoms with Gasteiger partial charge >= 0.3 is 0 Å². The minimum absolute atomic E-state index is 0. The molecule has 0 rings (SSSR count). The van der Waals surface area contributed by atoms with Crippen LogP contribution >= 0.6 is 13.5 Å². The summed E-state index contributed by atoms with van der Waals surface area (Å²) in [6, 6.07) is 0. The molecule has 43 valence electrons. The van der Waals surface area contributed by atoms with Crippen molar-refractivity contribution in [3.05, 3.63) is 0 Å². The molecule has 3 N–H and O–H groups in total. The summed E-state index contributed by atoms with van der Waals surface area (Å²) in [7, 11) is 0. The van der Waals surface area contributed by atoms with Gasteiger partial charge in [-0.3, -0.25) is 0 Å². The molecule has 0 aromatic heterocycles. The molecule has 0 aliphatic heterocycles. The topological polar surface area (TPSA) is 35.0 Å². The first-order valence-corrected chi connectivity index (χ1v) is 0. The summed E-state index contributed by atoms with van der Waals surface area (Å²) in [5.41, 5.74) is 0. The van der Waals surface area contributed by atoms with Crippen LogP contribution in [0.25, 0.3) is 0 Å². The van der Waals surface area contributed by atoms with Gasteiger partial charge in [0.25, 0.3) is 0 Å². The van der Waals surface area contributed by atoms with Gasteiger partial charge in [-0.15, -0.1) is 0 Å². The minimum Gasteiger partial charge on any atom is -0.344 e. The molecule has 0 saturated carbocycles. The van der Waals surface area contributed by atoms with E-state index in [1.54, 1.807) is 0 Å². The summed E-state index contributed by atoms with van der Waals surface area (Å²) in [6.45, 7) is 0. The van der Waals surface area contributed by atoms with Crippen LogP contribution in [0.15, 0.2) is 0 Å². The molecule has 0 fully saturated rings. The van der Waals surface area contributed by atoms with Gasteiger partial charge in [0.15, 0.2) is 0 Å². The second-order valence-corrected chi connectivity index (χ2v) is 0. The Morgan fingerprint density at radius 3 is 1.00 bits per heavy atom. The normalized spacial score (nSPS) is 0. The fourth-order valence-electron chi connectivity index (χ4n) is 0. The number of hydrogen-bond acceptors (Lipinski definition) is 1. The summed E-state index contributed by atoms with van der Waals surface area (Å²) >= 11 is 0. The maximum atomic E-state index is 0. The third-order valence-electron chi connectivity index (χ3n) is 0. The quantitative estimate of drug-likeness (QED) is 0.707. The van der Waals surface area contributed by atoms with E-state index >= 15 is 0 Å². The van der Waals surface area contributed by atoms with E-state index in [0.717, 1.165) is 0 Å². The SMILES string of the molecule is C.N.S.[Co].[Pt]. The van der Waals surface area contributed by atoms with Gasteiger partial charge in [-0.1, -0.05) is 7.43 Å². The molecule has 4 heteroatoms. The smallest absolute Gasteiger partial charge is 0 e. The molecule has 0 aromatic rings. The van der Waals surface area contributed by atoms with Crippen LogP contribution in [-0.4, -0.2) is 0 Å². The van der Waals surface area contributed by atoms with Crippen molar-refractivity contribution in [3.8, 4) is 0 Å². The number of hydrogen-bond donors (Lipinski definition) is 1. The van der Waals surface area contributed by atoms with Gasteiger partial charge in [0.05, 0.1) is 0 Å². The zero-order valence-corrected chi connectivity index (χ0v) is 6.17. The molecule has 1 nitrogen and oxygen atoms in total. The first kappa shape index (κ1) is 87.0. The van der Waals surface area contributed by atoms with E-state index in [4.69, 9.17) is 0 Å². The van der Waals surface area contributed by atoms with Crippen LogP contribution in [0.2, 0.25) is 0 Å². The molecule has 0 bridgehead atoms. The van der Waals surface area contributed by atoms with Crippen molar-refractivity contribution in [1.82, 2.24) is 6.15 Å². The van der Waals surface area contributed by atoms with E-state index in [1.165, 1.54) is 0 Å². The van der Waals surface area contributed by atoms with Crippen LogP contribution < -0.4 is 6.15 Å². The molecule has 0 unspecified atom stereocenters. The fraction of sp³-hybridized carbons (Fsp3) is 1.00. The number of rotatable bonds is 0. The zero-order chi connectivity index (χ0) is 0. The second-order valence-electron chi connectivity index (χ2n) is 0. The van der Waals surface area contributed by atoms with Crippen molar-refractivity contribution in [2.75, 3.05) is 0 Å². The van der Waals surface area contributed by atoms with Crippen LogP contribution in [0.5, 0.6) is 0 Å². The first-order valence-electron chi connectivity index (χ1n) is 0. The van der Waals surface area contributed by atoms with Crippen molar-refractivity contribution in [2.24, 2.45) is 0 Å². The summed E-state index contributed by atoms with van der Waals surface area (Å²) in [5, 5.41) is 0. The summed E-state index contributed by atoms with van der Waals surface area (Å²) in [5.74, 6) is 0. The Morgan fingerprint density at radius 2 is 1.00 bits per heavy atom. The van der Waals surface area contributed by atoms with Crippen LogP contribution in [0.1, 0.15) is 7.43 Å². The molecule has 0 aromatic carbocycles. The fourth-order valence-corrected chi connectivity index (χ4v) is 0.